The zero-order valence-corrected chi connectivity index (χ0v) is 9.28. The average Bonchev–Trinajstić information content (AvgIpc) is 2.20. The predicted molar refractivity (Wildman–Crippen MR) is 58.2 cm³/mol. The molecule has 0 spiro atoms. The van der Waals surface area contributed by atoms with Crippen LogP contribution in [-0.2, 0) is 11.2 Å². The number of aromatic hydroxyl groups is 1. The standard InChI is InChI=1S/C12H16O3/c1-8(9(2)13)6-10-4-5-11(15-3)7-12(10)14/h4-5,7-8,14H,6H2,1-3H3. The zero-order chi connectivity index (χ0) is 11.4. The summed E-state index contributed by atoms with van der Waals surface area (Å²) in [6, 6.07) is 5.12. The Bertz CT molecular complexity index is 358. The first kappa shape index (κ1) is 11.6. The summed E-state index contributed by atoms with van der Waals surface area (Å²) >= 11 is 0. The third-order valence-electron chi connectivity index (χ3n) is 2.51. The second-order valence-corrected chi connectivity index (χ2v) is 3.71. The Morgan fingerprint density at radius 1 is 1.53 bits per heavy atom. The molecule has 0 radical (unpaired) electrons. The maximum Gasteiger partial charge on any atom is 0.132 e. The molecular formula is C12H16O3. The van der Waals surface area contributed by atoms with Crippen molar-refractivity contribution in [2.45, 2.75) is 20.3 Å². The third kappa shape index (κ3) is 2.98. The van der Waals surface area contributed by atoms with E-state index in [0.717, 1.165) is 5.56 Å². The monoisotopic (exact) mass is 208 g/mol. The number of ketones is 1. The number of phenols is 1. The van der Waals surface area contributed by atoms with Crippen molar-refractivity contribution < 1.29 is 14.6 Å². The van der Waals surface area contributed by atoms with Gasteiger partial charge in [-0.15, -0.1) is 0 Å². The van der Waals surface area contributed by atoms with Crippen molar-refractivity contribution in [3.05, 3.63) is 23.8 Å². The van der Waals surface area contributed by atoms with Gasteiger partial charge in [-0.1, -0.05) is 13.0 Å². The maximum atomic E-state index is 11.1. The van der Waals surface area contributed by atoms with Gasteiger partial charge in [0.25, 0.3) is 0 Å². The van der Waals surface area contributed by atoms with E-state index < -0.39 is 0 Å². The highest BCUT2D eigenvalue weighted by atomic mass is 16.5. The third-order valence-corrected chi connectivity index (χ3v) is 2.51. The SMILES string of the molecule is COc1ccc(CC(C)C(C)=O)c(O)c1. The van der Waals surface area contributed by atoms with Crippen LogP contribution < -0.4 is 4.74 Å². The van der Waals surface area contributed by atoms with E-state index in [4.69, 9.17) is 4.74 Å². The Kier molecular flexibility index (Phi) is 3.72. The second kappa shape index (κ2) is 4.82. The normalized spacial score (nSPS) is 12.2. The molecule has 0 fully saturated rings. The molecule has 1 rings (SSSR count). The number of methoxy groups -OCH3 is 1. The summed E-state index contributed by atoms with van der Waals surface area (Å²) in [6.45, 7) is 3.41. The molecule has 0 bridgehead atoms. The van der Waals surface area contributed by atoms with Crippen molar-refractivity contribution in [3.63, 3.8) is 0 Å². The second-order valence-electron chi connectivity index (χ2n) is 3.71. The first-order valence-corrected chi connectivity index (χ1v) is 4.91. The molecule has 1 aromatic carbocycles. The molecule has 0 aliphatic heterocycles. The average molecular weight is 208 g/mol. The Morgan fingerprint density at radius 2 is 2.20 bits per heavy atom. The summed E-state index contributed by atoms with van der Waals surface area (Å²) in [4.78, 5) is 11.1. The first-order chi connectivity index (χ1) is 7.04. The summed E-state index contributed by atoms with van der Waals surface area (Å²) in [5.74, 6) is 0.865. The molecule has 0 saturated carbocycles. The topological polar surface area (TPSA) is 46.5 Å². The fourth-order valence-electron chi connectivity index (χ4n) is 1.32. The van der Waals surface area contributed by atoms with Crippen LogP contribution in [0.25, 0.3) is 0 Å². The van der Waals surface area contributed by atoms with Gasteiger partial charge in [0.2, 0.25) is 0 Å². The minimum atomic E-state index is -0.0655. The number of ether oxygens (including phenoxy) is 1. The van der Waals surface area contributed by atoms with Crippen LogP contribution in [0.15, 0.2) is 18.2 Å². The van der Waals surface area contributed by atoms with E-state index in [9.17, 15) is 9.90 Å². The Labute approximate surface area is 89.7 Å². The first-order valence-electron chi connectivity index (χ1n) is 4.91. The van der Waals surface area contributed by atoms with Crippen LogP contribution >= 0.6 is 0 Å². The molecule has 1 atom stereocenters. The van der Waals surface area contributed by atoms with Crippen LogP contribution in [0.5, 0.6) is 11.5 Å². The minimum Gasteiger partial charge on any atom is -0.508 e. The summed E-state index contributed by atoms with van der Waals surface area (Å²) in [7, 11) is 1.55. The van der Waals surface area contributed by atoms with Gasteiger partial charge in [-0.2, -0.15) is 0 Å². The molecule has 3 nitrogen and oxygen atoms in total. The lowest BCUT2D eigenvalue weighted by Gasteiger charge is -2.10. The Morgan fingerprint density at radius 3 is 2.67 bits per heavy atom. The van der Waals surface area contributed by atoms with Gasteiger partial charge in [0.1, 0.15) is 17.3 Å². The lowest BCUT2D eigenvalue weighted by Crippen LogP contribution is -2.09. The van der Waals surface area contributed by atoms with Crippen LogP contribution in [0.3, 0.4) is 0 Å². The molecule has 82 valence electrons. The molecule has 0 saturated heterocycles. The molecule has 0 amide bonds. The van der Waals surface area contributed by atoms with Crippen molar-refractivity contribution in [1.82, 2.24) is 0 Å². The number of carbonyl (C=O) groups is 1. The largest absolute Gasteiger partial charge is 0.508 e. The zero-order valence-electron chi connectivity index (χ0n) is 9.28. The number of phenolic OH excluding ortho intramolecular Hbond substituents is 1. The number of Topliss-reactive ketones (excluding diaryl/α,β-unsaturated/α-hetero) is 1. The Balaban J connectivity index is 2.82. The molecule has 0 aliphatic carbocycles. The van der Waals surface area contributed by atoms with Gasteiger partial charge in [0.15, 0.2) is 0 Å². The maximum absolute atomic E-state index is 11.1. The van der Waals surface area contributed by atoms with Crippen molar-refractivity contribution in [3.8, 4) is 11.5 Å². The van der Waals surface area contributed by atoms with E-state index in [1.54, 1.807) is 32.2 Å². The summed E-state index contributed by atoms with van der Waals surface area (Å²) in [5, 5.41) is 9.66. The lowest BCUT2D eigenvalue weighted by molar-refractivity contribution is -0.120. The van der Waals surface area contributed by atoms with Crippen LogP contribution in [0.1, 0.15) is 19.4 Å². The molecule has 0 aliphatic rings. The molecular weight excluding hydrogens is 192 g/mol. The van der Waals surface area contributed by atoms with Crippen molar-refractivity contribution in [2.24, 2.45) is 5.92 Å². The fourth-order valence-corrected chi connectivity index (χ4v) is 1.32. The number of benzene rings is 1. The number of carbonyl (C=O) groups excluding carboxylic acids is 1. The highest BCUT2D eigenvalue weighted by Gasteiger charge is 2.11. The van der Waals surface area contributed by atoms with E-state index in [-0.39, 0.29) is 17.5 Å². The van der Waals surface area contributed by atoms with Gasteiger partial charge in [-0.25, -0.2) is 0 Å². The van der Waals surface area contributed by atoms with Gasteiger partial charge < -0.3 is 9.84 Å². The van der Waals surface area contributed by atoms with Gasteiger partial charge >= 0.3 is 0 Å². The fraction of sp³-hybridized carbons (Fsp3) is 0.417. The number of hydrogen-bond donors (Lipinski definition) is 1. The summed E-state index contributed by atoms with van der Waals surface area (Å²) in [5.41, 5.74) is 0.776. The summed E-state index contributed by atoms with van der Waals surface area (Å²) < 4.78 is 4.98. The molecule has 15 heavy (non-hydrogen) atoms. The highest BCUT2D eigenvalue weighted by molar-refractivity contribution is 5.78. The minimum absolute atomic E-state index is 0.0655. The van der Waals surface area contributed by atoms with Gasteiger partial charge in [-0.05, 0) is 25.0 Å². The van der Waals surface area contributed by atoms with E-state index >= 15 is 0 Å². The van der Waals surface area contributed by atoms with Gasteiger partial charge in [-0.3, -0.25) is 4.79 Å². The van der Waals surface area contributed by atoms with Crippen molar-refractivity contribution in [2.75, 3.05) is 7.11 Å². The molecule has 0 aromatic heterocycles. The molecule has 1 unspecified atom stereocenters. The molecule has 1 aromatic rings. The van der Waals surface area contributed by atoms with Gasteiger partial charge in [0.05, 0.1) is 7.11 Å². The van der Waals surface area contributed by atoms with E-state index in [0.29, 0.717) is 12.2 Å². The molecule has 0 heterocycles. The van der Waals surface area contributed by atoms with E-state index in [1.807, 2.05) is 6.92 Å². The number of hydrogen-bond acceptors (Lipinski definition) is 3. The molecule has 1 N–H and O–H groups in total. The van der Waals surface area contributed by atoms with Crippen molar-refractivity contribution >= 4 is 5.78 Å². The highest BCUT2D eigenvalue weighted by Crippen LogP contribution is 2.25. The predicted octanol–water partition coefficient (Wildman–Crippen LogP) is 2.17. The summed E-state index contributed by atoms with van der Waals surface area (Å²) in [6.07, 6.45) is 0.561. The van der Waals surface area contributed by atoms with E-state index in [1.165, 1.54) is 0 Å². The quantitative estimate of drug-likeness (QED) is 0.824. The van der Waals surface area contributed by atoms with Crippen molar-refractivity contribution in [1.29, 1.82) is 0 Å². The lowest BCUT2D eigenvalue weighted by atomic mass is 9.97. The molecule has 3 heteroatoms. The smallest absolute Gasteiger partial charge is 0.132 e. The number of rotatable bonds is 4. The Hall–Kier alpha value is -1.51. The van der Waals surface area contributed by atoms with Gasteiger partial charge in [0, 0.05) is 12.0 Å². The van der Waals surface area contributed by atoms with Crippen LogP contribution in [-0.4, -0.2) is 18.0 Å². The van der Waals surface area contributed by atoms with Crippen LogP contribution in [0.2, 0.25) is 0 Å². The van der Waals surface area contributed by atoms with E-state index in [2.05, 4.69) is 0 Å². The van der Waals surface area contributed by atoms with Crippen LogP contribution in [0, 0.1) is 5.92 Å². The van der Waals surface area contributed by atoms with Crippen LogP contribution in [0.4, 0.5) is 0 Å².